The van der Waals surface area contributed by atoms with Crippen molar-refractivity contribution in [1.82, 2.24) is 5.16 Å². The molecule has 2 aliphatic rings. The van der Waals surface area contributed by atoms with Crippen LogP contribution in [0.25, 0.3) is 11.3 Å². The molecule has 2 aromatic rings. The van der Waals surface area contributed by atoms with Gasteiger partial charge in [-0.15, -0.1) is 0 Å². The number of halogens is 2. The average Bonchev–Trinajstić information content (AvgIpc) is 3.10. The zero-order valence-corrected chi connectivity index (χ0v) is 17.4. The number of Topliss-reactive ketones (excluding diaryl/α,β-unsaturated/α-hetero) is 1. The molecule has 1 aromatic carbocycles. The van der Waals surface area contributed by atoms with Crippen LogP contribution in [0.3, 0.4) is 0 Å². The molecule has 2 bridgehead atoms. The van der Waals surface area contributed by atoms with Crippen LogP contribution >= 0.6 is 23.2 Å². The van der Waals surface area contributed by atoms with Crippen molar-refractivity contribution in [3.8, 4) is 11.3 Å². The van der Waals surface area contributed by atoms with Crippen LogP contribution < -0.4 is 0 Å². The fourth-order valence-electron chi connectivity index (χ4n) is 4.40. The summed E-state index contributed by atoms with van der Waals surface area (Å²) in [6, 6.07) is 5.22. The van der Waals surface area contributed by atoms with E-state index in [1.165, 1.54) is 0 Å². The zero-order valence-electron chi connectivity index (χ0n) is 15.9. The van der Waals surface area contributed by atoms with Gasteiger partial charge in [-0.2, -0.15) is 0 Å². The molecule has 2 aliphatic carbocycles. The van der Waals surface area contributed by atoms with E-state index in [4.69, 9.17) is 32.5 Å². The van der Waals surface area contributed by atoms with Gasteiger partial charge in [-0.1, -0.05) is 34.4 Å². The van der Waals surface area contributed by atoms with Crippen molar-refractivity contribution in [3.63, 3.8) is 0 Å². The van der Waals surface area contributed by atoms with Gasteiger partial charge in [0.25, 0.3) is 0 Å². The molecule has 4 rings (SSSR count). The number of carbonyl (C=O) groups is 1. The SMILES string of the molecule is CC(C)(O)c1onc(-c2c(Cl)cccc2Cl)c1COC1CC2CCC(C1)C2=O. The first kappa shape index (κ1) is 19.9. The molecule has 1 heterocycles. The summed E-state index contributed by atoms with van der Waals surface area (Å²) in [4.78, 5) is 12.1. The number of aliphatic hydroxyl groups is 1. The molecule has 2 saturated carbocycles. The summed E-state index contributed by atoms with van der Waals surface area (Å²) in [6.45, 7) is 3.47. The second-order valence-electron chi connectivity index (χ2n) is 8.27. The van der Waals surface area contributed by atoms with Gasteiger partial charge in [-0.3, -0.25) is 4.79 Å². The van der Waals surface area contributed by atoms with Crippen LogP contribution in [0.2, 0.25) is 10.0 Å². The van der Waals surface area contributed by atoms with E-state index in [2.05, 4.69) is 5.16 Å². The molecule has 2 unspecified atom stereocenters. The molecule has 2 atom stereocenters. The normalized spacial score (nSPS) is 24.8. The van der Waals surface area contributed by atoms with Gasteiger partial charge in [0.05, 0.1) is 28.3 Å². The van der Waals surface area contributed by atoms with E-state index in [-0.39, 0.29) is 24.5 Å². The Morgan fingerprint density at radius 3 is 2.39 bits per heavy atom. The van der Waals surface area contributed by atoms with Crippen LogP contribution in [0.5, 0.6) is 0 Å². The van der Waals surface area contributed by atoms with Crippen molar-refractivity contribution in [1.29, 1.82) is 0 Å². The summed E-state index contributed by atoms with van der Waals surface area (Å²) in [6.07, 6.45) is 3.44. The number of ketones is 1. The maximum Gasteiger partial charge on any atom is 0.173 e. The van der Waals surface area contributed by atoms with E-state index in [1.54, 1.807) is 32.0 Å². The van der Waals surface area contributed by atoms with Crippen LogP contribution in [-0.2, 0) is 21.7 Å². The van der Waals surface area contributed by atoms with E-state index in [1.807, 2.05) is 0 Å². The first-order valence-electron chi connectivity index (χ1n) is 9.56. The highest BCUT2D eigenvalue weighted by molar-refractivity contribution is 6.39. The van der Waals surface area contributed by atoms with Crippen molar-refractivity contribution >= 4 is 29.0 Å². The van der Waals surface area contributed by atoms with E-state index in [9.17, 15) is 9.90 Å². The van der Waals surface area contributed by atoms with Crippen molar-refractivity contribution in [2.45, 2.75) is 57.8 Å². The van der Waals surface area contributed by atoms with Crippen LogP contribution in [-0.4, -0.2) is 22.2 Å². The molecule has 1 aromatic heterocycles. The third-order valence-electron chi connectivity index (χ3n) is 5.77. The highest BCUT2D eigenvalue weighted by atomic mass is 35.5. The molecule has 5 nitrogen and oxygen atoms in total. The molecule has 2 fully saturated rings. The maximum atomic E-state index is 12.1. The van der Waals surface area contributed by atoms with Crippen molar-refractivity contribution in [2.24, 2.45) is 11.8 Å². The van der Waals surface area contributed by atoms with Gasteiger partial charge in [0.15, 0.2) is 5.76 Å². The third-order valence-corrected chi connectivity index (χ3v) is 6.40. The minimum atomic E-state index is -1.24. The van der Waals surface area contributed by atoms with E-state index in [0.717, 1.165) is 25.7 Å². The molecule has 0 saturated heterocycles. The van der Waals surface area contributed by atoms with Crippen molar-refractivity contribution < 1.29 is 19.2 Å². The number of benzene rings is 1. The highest BCUT2D eigenvalue weighted by Gasteiger charge is 2.42. The summed E-state index contributed by atoms with van der Waals surface area (Å²) >= 11 is 12.7. The van der Waals surface area contributed by atoms with Crippen LogP contribution in [0.4, 0.5) is 0 Å². The fourth-order valence-corrected chi connectivity index (χ4v) is 4.98. The van der Waals surface area contributed by atoms with Gasteiger partial charge in [0.1, 0.15) is 17.1 Å². The number of nitrogens with zero attached hydrogens (tertiary/aromatic N) is 1. The maximum absolute atomic E-state index is 12.1. The summed E-state index contributed by atoms with van der Waals surface area (Å²) in [5.74, 6) is 0.966. The van der Waals surface area contributed by atoms with Crippen molar-refractivity contribution in [3.05, 3.63) is 39.6 Å². The number of hydrogen-bond donors (Lipinski definition) is 1. The Morgan fingerprint density at radius 1 is 1.21 bits per heavy atom. The summed E-state index contributed by atoms with van der Waals surface area (Å²) in [5.41, 5.74) is 0.427. The number of hydrogen-bond acceptors (Lipinski definition) is 5. The molecule has 28 heavy (non-hydrogen) atoms. The molecule has 0 radical (unpaired) electrons. The Morgan fingerprint density at radius 2 is 1.82 bits per heavy atom. The predicted octanol–water partition coefficient (Wildman–Crippen LogP) is 5.15. The number of aromatic nitrogens is 1. The Labute approximate surface area is 173 Å². The number of fused-ring (bicyclic) bond motifs is 2. The standard InChI is InChI=1S/C21H23Cl2NO4/c1-21(2,26)20-14(10-27-13-8-11-6-7-12(9-13)19(11)25)18(24-28-20)17-15(22)4-3-5-16(17)23/h3-5,11-13,26H,6-10H2,1-2H3. The van der Waals surface area contributed by atoms with Gasteiger partial charge in [-0.25, -0.2) is 0 Å². The van der Waals surface area contributed by atoms with Crippen LogP contribution in [0, 0.1) is 11.8 Å². The van der Waals surface area contributed by atoms with Gasteiger partial charge in [0.2, 0.25) is 0 Å². The fraction of sp³-hybridized carbons (Fsp3) is 0.524. The zero-order chi connectivity index (χ0) is 20.1. The Bertz CT molecular complexity index is 866. The van der Waals surface area contributed by atoms with Gasteiger partial charge < -0.3 is 14.4 Å². The third kappa shape index (κ3) is 3.61. The van der Waals surface area contributed by atoms with Crippen LogP contribution in [0.1, 0.15) is 50.9 Å². The minimum absolute atomic E-state index is 0.00863. The van der Waals surface area contributed by atoms with E-state index < -0.39 is 5.60 Å². The molecular weight excluding hydrogens is 401 g/mol. The molecule has 0 aliphatic heterocycles. The van der Waals surface area contributed by atoms with Gasteiger partial charge in [0, 0.05) is 17.4 Å². The molecule has 1 N–H and O–H groups in total. The monoisotopic (exact) mass is 423 g/mol. The molecule has 7 heteroatoms. The number of rotatable bonds is 5. The Kier molecular flexibility index (Phi) is 5.29. The lowest BCUT2D eigenvalue weighted by atomic mass is 9.86. The van der Waals surface area contributed by atoms with E-state index in [0.29, 0.717) is 38.4 Å². The lowest BCUT2D eigenvalue weighted by molar-refractivity contribution is -0.130. The molecule has 0 spiro atoms. The summed E-state index contributed by atoms with van der Waals surface area (Å²) in [5, 5.41) is 15.6. The predicted molar refractivity (Wildman–Crippen MR) is 106 cm³/mol. The highest BCUT2D eigenvalue weighted by Crippen LogP contribution is 2.42. The summed E-state index contributed by atoms with van der Waals surface area (Å²) < 4.78 is 11.7. The second kappa shape index (κ2) is 7.45. The Hall–Kier alpha value is -1.40. The van der Waals surface area contributed by atoms with Crippen LogP contribution in [0.15, 0.2) is 22.7 Å². The first-order chi connectivity index (χ1) is 13.3. The lowest BCUT2D eigenvalue weighted by Crippen LogP contribution is -2.31. The second-order valence-corrected chi connectivity index (χ2v) is 9.09. The van der Waals surface area contributed by atoms with Gasteiger partial charge >= 0.3 is 0 Å². The quantitative estimate of drug-likeness (QED) is 0.719. The van der Waals surface area contributed by atoms with Crippen molar-refractivity contribution in [2.75, 3.05) is 0 Å². The number of carbonyl (C=O) groups excluding carboxylic acids is 1. The minimum Gasteiger partial charge on any atom is -0.382 e. The summed E-state index contributed by atoms with van der Waals surface area (Å²) in [7, 11) is 0. The smallest absolute Gasteiger partial charge is 0.173 e. The van der Waals surface area contributed by atoms with E-state index >= 15 is 0 Å². The largest absolute Gasteiger partial charge is 0.382 e. The molecule has 150 valence electrons. The topological polar surface area (TPSA) is 72.6 Å². The Balaban J connectivity index is 1.64. The molecular formula is C21H23Cl2NO4. The molecule has 0 amide bonds. The van der Waals surface area contributed by atoms with Gasteiger partial charge in [-0.05, 0) is 51.7 Å². The number of ether oxygens (including phenoxy) is 1. The first-order valence-corrected chi connectivity index (χ1v) is 10.3. The average molecular weight is 424 g/mol. The lowest BCUT2D eigenvalue weighted by Gasteiger charge is -2.27.